The number of rotatable bonds is 3. The number of likely N-dealkylation sites (tertiary alicyclic amines) is 1. The van der Waals surface area contributed by atoms with Crippen LogP contribution in [0.5, 0.6) is 0 Å². The van der Waals surface area contributed by atoms with Crippen molar-refractivity contribution in [2.24, 2.45) is 5.73 Å². The Bertz CT molecular complexity index is 303. The topological polar surface area (TPSA) is 42.2 Å². The third-order valence-corrected chi connectivity index (χ3v) is 4.07. The van der Waals surface area contributed by atoms with Gasteiger partial charge in [0.2, 0.25) is 0 Å². The Morgan fingerprint density at radius 2 is 2.27 bits per heavy atom. The molecule has 0 atom stereocenters. The highest BCUT2D eigenvalue weighted by Gasteiger charge is 2.16. The normalized spacial score (nSPS) is 19.6. The van der Waals surface area contributed by atoms with Crippen LogP contribution in [0.2, 0.25) is 0 Å². The van der Waals surface area contributed by atoms with Gasteiger partial charge in [0.1, 0.15) is 5.01 Å². The minimum atomic E-state index is 0.420. The van der Waals surface area contributed by atoms with Crippen LogP contribution in [-0.4, -0.2) is 29.0 Å². The molecule has 0 bridgehead atoms. The minimum absolute atomic E-state index is 0.420. The second-order valence-electron chi connectivity index (χ2n) is 4.19. The lowest BCUT2D eigenvalue weighted by Crippen LogP contribution is -2.39. The summed E-state index contributed by atoms with van der Waals surface area (Å²) in [5.74, 6) is 0. The fraction of sp³-hybridized carbons (Fsp3) is 0.727. The van der Waals surface area contributed by atoms with Crippen molar-refractivity contribution in [3.63, 3.8) is 0 Å². The Balaban J connectivity index is 1.86. The van der Waals surface area contributed by atoms with Gasteiger partial charge in [-0.25, -0.2) is 4.98 Å². The molecule has 1 saturated heterocycles. The van der Waals surface area contributed by atoms with Crippen molar-refractivity contribution >= 4 is 11.3 Å². The van der Waals surface area contributed by atoms with E-state index in [2.05, 4.69) is 16.8 Å². The van der Waals surface area contributed by atoms with Gasteiger partial charge in [0.15, 0.2) is 0 Å². The molecule has 1 fully saturated rings. The van der Waals surface area contributed by atoms with Crippen molar-refractivity contribution in [1.29, 1.82) is 0 Å². The van der Waals surface area contributed by atoms with Crippen LogP contribution in [0.3, 0.4) is 0 Å². The molecule has 15 heavy (non-hydrogen) atoms. The van der Waals surface area contributed by atoms with E-state index in [1.807, 2.05) is 17.5 Å². The third kappa shape index (κ3) is 3.00. The highest BCUT2D eigenvalue weighted by molar-refractivity contribution is 7.11. The van der Waals surface area contributed by atoms with Crippen molar-refractivity contribution in [2.45, 2.75) is 38.8 Å². The van der Waals surface area contributed by atoms with Gasteiger partial charge in [0.25, 0.3) is 0 Å². The summed E-state index contributed by atoms with van der Waals surface area (Å²) < 4.78 is 0. The number of aryl methyl sites for hydroxylation is 1. The number of hydrogen-bond acceptors (Lipinski definition) is 4. The average Bonchev–Trinajstić information content (AvgIpc) is 2.69. The fourth-order valence-electron chi connectivity index (χ4n) is 1.89. The first-order valence-electron chi connectivity index (χ1n) is 5.69. The molecule has 0 amide bonds. The predicted octanol–water partition coefficient (Wildman–Crippen LogP) is 1.63. The van der Waals surface area contributed by atoms with Crippen LogP contribution in [0.4, 0.5) is 0 Å². The quantitative estimate of drug-likeness (QED) is 0.850. The molecule has 1 aliphatic heterocycles. The molecule has 0 saturated carbocycles. The van der Waals surface area contributed by atoms with E-state index in [0.29, 0.717) is 6.04 Å². The first-order valence-corrected chi connectivity index (χ1v) is 6.51. The zero-order valence-corrected chi connectivity index (χ0v) is 10.1. The van der Waals surface area contributed by atoms with Gasteiger partial charge in [-0.05, 0) is 19.3 Å². The van der Waals surface area contributed by atoms with E-state index in [9.17, 15) is 0 Å². The van der Waals surface area contributed by atoms with Crippen molar-refractivity contribution < 1.29 is 0 Å². The summed E-state index contributed by atoms with van der Waals surface area (Å²) in [6.07, 6.45) is 5.37. The molecule has 3 nitrogen and oxygen atoms in total. The van der Waals surface area contributed by atoms with E-state index in [0.717, 1.165) is 38.9 Å². The number of hydrogen-bond donors (Lipinski definition) is 1. The monoisotopic (exact) mass is 225 g/mol. The van der Waals surface area contributed by atoms with Gasteiger partial charge in [-0.2, -0.15) is 0 Å². The molecular formula is C11H19N3S. The lowest BCUT2D eigenvalue weighted by molar-refractivity contribution is 0.205. The summed E-state index contributed by atoms with van der Waals surface area (Å²) in [6, 6.07) is 0.420. The summed E-state index contributed by atoms with van der Waals surface area (Å²) in [4.78, 5) is 8.29. The SMILES string of the molecule is CCc1cnc(CN2CCC(N)CC2)s1. The zero-order chi connectivity index (χ0) is 10.7. The molecule has 0 aromatic carbocycles. The second-order valence-corrected chi connectivity index (χ2v) is 5.39. The maximum absolute atomic E-state index is 5.88. The van der Waals surface area contributed by atoms with E-state index in [-0.39, 0.29) is 0 Å². The van der Waals surface area contributed by atoms with Gasteiger partial charge in [-0.1, -0.05) is 6.92 Å². The van der Waals surface area contributed by atoms with Crippen LogP contribution >= 0.6 is 11.3 Å². The Morgan fingerprint density at radius 3 is 2.87 bits per heavy atom. The maximum atomic E-state index is 5.88. The van der Waals surface area contributed by atoms with E-state index in [4.69, 9.17) is 5.73 Å². The summed E-state index contributed by atoms with van der Waals surface area (Å²) in [7, 11) is 0. The van der Waals surface area contributed by atoms with E-state index >= 15 is 0 Å². The van der Waals surface area contributed by atoms with Crippen molar-refractivity contribution in [3.05, 3.63) is 16.1 Å². The van der Waals surface area contributed by atoms with Crippen LogP contribution in [0.15, 0.2) is 6.20 Å². The lowest BCUT2D eigenvalue weighted by atomic mass is 10.1. The van der Waals surface area contributed by atoms with Crippen molar-refractivity contribution in [3.8, 4) is 0 Å². The molecule has 2 N–H and O–H groups in total. The smallest absolute Gasteiger partial charge is 0.107 e. The molecule has 0 aliphatic carbocycles. The summed E-state index contributed by atoms with van der Waals surface area (Å²) >= 11 is 1.84. The zero-order valence-electron chi connectivity index (χ0n) is 9.28. The van der Waals surface area contributed by atoms with Crippen LogP contribution in [-0.2, 0) is 13.0 Å². The lowest BCUT2D eigenvalue weighted by Gasteiger charge is -2.29. The van der Waals surface area contributed by atoms with Crippen molar-refractivity contribution in [2.75, 3.05) is 13.1 Å². The molecule has 2 rings (SSSR count). The molecule has 2 heterocycles. The van der Waals surface area contributed by atoms with Crippen LogP contribution in [0.25, 0.3) is 0 Å². The van der Waals surface area contributed by atoms with Gasteiger partial charge in [-0.3, -0.25) is 4.90 Å². The Kier molecular flexibility index (Phi) is 3.72. The first-order chi connectivity index (χ1) is 7.28. The minimum Gasteiger partial charge on any atom is -0.328 e. The van der Waals surface area contributed by atoms with Gasteiger partial charge >= 0.3 is 0 Å². The van der Waals surface area contributed by atoms with E-state index in [1.165, 1.54) is 9.88 Å². The van der Waals surface area contributed by atoms with Crippen LogP contribution in [0, 0.1) is 0 Å². The fourth-order valence-corrected chi connectivity index (χ4v) is 2.79. The first kappa shape index (κ1) is 11.0. The summed E-state index contributed by atoms with van der Waals surface area (Å²) in [5.41, 5.74) is 5.88. The Labute approximate surface area is 95.3 Å². The molecule has 1 aliphatic rings. The Hall–Kier alpha value is -0.450. The second kappa shape index (κ2) is 5.05. The molecule has 0 spiro atoms. The molecule has 1 aromatic heterocycles. The third-order valence-electron chi connectivity index (χ3n) is 2.94. The number of thiazole rings is 1. The van der Waals surface area contributed by atoms with E-state index < -0.39 is 0 Å². The van der Waals surface area contributed by atoms with Crippen molar-refractivity contribution in [1.82, 2.24) is 9.88 Å². The molecule has 1 aromatic rings. The largest absolute Gasteiger partial charge is 0.328 e. The van der Waals surface area contributed by atoms with Crippen LogP contribution < -0.4 is 5.73 Å². The molecule has 4 heteroatoms. The molecule has 0 radical (unpaired) electrons. The predicted molar refractivity (Wildman–Crippen MR) is 64.0 cm³/mol. The number of piperidine rings is 1. The number of aromatic nitrogens is 1. The van der Waals surface area contributed by atoms with Gasteiger partial charge in [0, 0.05) is 30.2 Å². The number of nitrogens with zero attached hydrogens (tertiary/aromatic N) is 2. The van der Waals surface area contributed by atoms with Gasteiger partial charge < -0.3 is 5.73 Å². The van der Waals surface area contributed by atoms with Crippen LogP contribution in [0.1, 0.15) is 29.7 Å². The summed E-state index contributed by atoms with van der Waals surface area (Å²) in [5, 5.41) is 1.25. The maximum Gasteiger partial charge on any atom is 0.107 e. The molecular weight excluding hydrogens is 206 g/mol. The molecule has 0 unspecified atom stereocenters. The number of nitrogens with two attached hydrogens (primary N) is 1. The van der Waals surface area contributed by atoms with Gasteiger partial charge in [-0.15, -0.1) is 11.3 Å². The van der Waals surface area contributed by atoms with E-state index in [1.54, 1.807) is 0 Å². The van der Waals surface area contributed by atoms with Gasteiger partial charge in [0.05, 0.1) is 6.54 Å². The standard InChI is InChI=1S/C11H19N3S/c1-2-10-7-13-11(15-10)8-14-5-3-9(12)4-6-14/h7,9H,2-6,8,12H2,1H3. The highest BCUT2D eigenvalue weighted by atomic mass is 32.1. The molecule has 84 valence electrons. The Morgan fingerprint density at radius 1 is 1.53 bits per heavy atom. The average molecular weight is 225 g/mol. The summed E-state index contributed by atoms with van der Waals surface area (Å²) in [6.45, 7) is 5.44. The highest BCUT2D eigenvalue weighted by Crippen LogP contribution is 2.17.